The molecule has 0 aliphatic rings. The fraction of sp³-hybridized carbons (Fsp3) is 0.312. The van der Waals surface area contributed by atoms with Crippen molar-refractivity contribution in [1.82, 2.24) is 15.5 Å². The van der Waals surface area contributed by atoms with Crippen LogP contribution in [-0.2, 0) is 6.42 Å². The van der Waals surface area contributed by atoms with Crippen molar-refractivity contribution in [2.75, 3.05) is 7.11 Å². The van der Waals surface area contributed by atoms with E-state index in [-0.39, 0.29) is 23.1 Å². The molecule has 1 atom stereocenters. The number of carboxylic acids is 1. The second kappa shape index (κ2) is 6.95. The van der Waals surface area contributed by atoms with Crippen molar-refractivity contribution < 1.29 is 19.4 Å². The third-order valence-corrected chi connectivity index (χ3v) is 3.30. The average molecular weight is 317 g/mol. The molecule has 23 heavy (non-hydrogen) atoms. The first-order valence-electron chi connectivity index (χ1n) is 7.13. The van der Waals surface area contributed by atoms with Crippen molar-refractivity contribution in [2.45, 2.75) is 26.3 Å². The van der Waals surface area contributed by atoms with Gasteiger partial charge in [0.15, 0.2) is 0 Å². The first-order valence-corrected chi connectivity index (χ1v) is 7.13. The van der Waals surface area contributed by atoms with E-state index in [9.17, 15) is 9.59 Å². The average Bonchev–Trinajstić information content (AvgIpc) is 2.91. The molecule has 0 aliphatic heterocycles. The molecule has 0 bridgehead atoms. The van der Waals surface area contributed by atoms with Gasteiger partial charge < -0.3 is 15.2 Å². The lowest BCUT2D eigenvalue weighted by Gasteiger charge is -2.13. The Morgan fingerprint density at radius 2 is 2.00 bits per heavy atom. The monoisotopic (exact) mass is 317 g/mol. The Morgan fingerprint density at radius 1 is 1.30 bits per heavy atom. The van der Waals surface area contributed by atoms with Gasteiger partial charge in [-0.1, -0.05) is 0 Å². The van der Waals surface area contributed by atoms with E-state index in [1.807, 2.05) is 19.9 Å². The van der Waals surface area contributed by atoms with Crippen molar-refractivity contribution in [2.24, 2.45) is 0 Å². The smallest absolute Gasteiger partial charge is 0.335 e. The maximum Gasteiger partial charge on any atom is 0.335 e. The molecule has 0 radical (unpaired) electrons. The summed E-state index contributed by atoms with van der Waals surface area (Å²) in [5, 5.41) is 18.9. The maximum absolute atomic E-state index is 12.3. The van der Waals surface area contributed by atoms with Gasteiger partial charge in [-0.2, -0.15) is 5.10 Å². The zero-order chi connectivity index (χ0) is 17.0. The van der Waals surface area contributed by atoms with Crippen LogP contribution in [0, 0.1) is 6.92 Å². The summed E-state index contributed by atoms with van der Waals surface area (Å²) in [5.41, 5.74) is 2.06. The summed E-state index contributed by atoms with van der Waals surface area (Å²) in [4.78, 5) is 23.4. The van der Waals surface area contributed by atoms with Gasteiger partial charge in [-0.25, -0.2) is 4.79 Å². The number of hydrogen-bond donors (Lipinski definition) is 3. The zero-order valence-electron chi connectivity index (χ0n) is 13.2. The van der Waals surface area contributed by atoms with Crippen LogP contribution in [0.2, 0.25) is 0 Å². The Hall–Kier alpha value is -2.83. The predicted octanol–water partition coefficient (Wildman–Crippen LogP) is 1.79. The number of carboxylic acid groups (broad SMARTS) is 1. The number of benzene rings is 1. The van der Waals surface area contributed by atoms with E-state index in [1.165, 1.54) is 25.3 Å². The second-order valence-corrected chi connectivity index (χ2v) is 5.38. The normalized spacial score (nSPS) is 11.8. The molecule has 122 valence electrons. The minimum Gasteiger partial charge on any atom is -0.497 e. The molecule has 2 rings (SSSR count). The lowest BCUT2D eigenvalue weighted by molar-refractivity contribution is 0.0696. The number of ether oxygens (including phenoxy) is 1. The number of carbonyl (C=O) groups is 2. The molecule has 0 aliphatic carbocycles. The number of H-pyrrole nitrogens is 1. The molecule has 1 heterocycles. The number of aromatic carboxylic acids is 1. The number of aromatic nitrogens is 2. The van der Waals surface area contributed by atoms with Gasteiger partial charge in [0.2, 0.25) is 0 Å². The van der Waals surface area contributed by atoms with Gasteiger partial charge in [-0.15, -0.1) is 0 Å². The number of nitrogens with one attached hydrogen (secondary N) is 2. The molecule has 7 nitrogen and oxygen atoms in total. The number of rotatable bonds is 6. The SMILES string of the molecule is COc1cc(C(=O)O)cc(C(=O)N[C@H](C)Cc2cc(C)[nH]n2)c1. The summed E-state index contributed by atoms with van der Waals surface area (Å²) in [6.45, 7) is 3.77. The molecule has 1 aromatic heterocycles. The standard InChI is InChI=1S/C16H19N3O4/c1-9(4-13-5-10(2)18-19-13)17-15(20)11-6-12(16(21)22)8-14(7-11)23-3/h5-9H,4H2,1-3H3,(H,17,20)(H,18,19)(H,21,22)/t9-/m1/s1. The predicted molar refractivity (Wildman–Crippen MR) is 83.9 cm³/mol. The number of aromatic amines is 1. The molecule has 3 N–H and O–H groups in total. The largest absolute Gasteiger partial charge is 0.497 e. The fourth-order valence-corrected chi connectivity index (χ4v) is 2.22. The summed E-state index contributed by atoms with van der Waals surface area (Å²) in [5.74, 6) is -1.14. The first kappa shape index (κ1) is 16.5. The van der Waals surface area contributed by atoms with E-state index >= 15 is 0 Å². The molecule has 1 amide bonds. The molecule has 0 unspecified atom stereocenters. The number of methoxy groups -OCH3 is 1. The highest BCUT2D eigenvalue weighted by Crippen LogP contribution is 2.17. The van der Waals surface area contributed by atoms with Gasteiger partial charge in [-0.05, 0) is 38.1 Å². The fourth-order valence-electron chi connectivity index (χ4n) is 2.22. The van der Waals surface area contributed by atoms with Crippen molar-refractivity contribution >= 4 is 11.9 Å². The lowest BCUT2D eigenvalue weighted by Crippen LogP contribution is -2.34. The first-order chi connectivity index (χ1) is 10.9. The number of hydrogen-bond acceptors (Lipinski definition) is 4. The van der Waals surface area contributed by atoms with Crippen LogP contribution >= 0.6 is 0 Å². The Kier molecular flexibility index (Phi) is 5.00. The van der Waals surface area contributed by atoms with Crippen LogP contribution in [0.1, 0.15) is 39.0 Å². The van der Waals surface area contributed by atoms with Crippen molar-refractivity contribution in [1.29, 1.82) is 0 Å². The van der Waals surface area contributed by atoms with E-state index in [0.29, 0.717) is 12.2 Å². The van der Waals surface area contributed by atoms with E-state index in [1.54, 1.807) is 0 Å². The Bertz CT molecular complexity index is 724. The second-order valence-electron chi connectivity index (χ2n) is 5.38. The van der Waals surface area contributed by atoms with Crippen LogP contribution in [0.15, 0.2) is 24.3 Å². The molecule has 1 aromatic carbocycles. The number of aryl methyl sites for hydroxylation is 1. The van der Waals surface area contributed by atoms with Crippen molar-refractivity contribution in [3.8, 4) is 5.75 Å². The maximum atomic E-state index is 12.3. The number of nitrogens with zero attached hydrogens (tertiary/aromatic N) is 1. The molecular weight excluding hydrogens is 298 g/mol. The van der Waals surface area contributed by atoms with Crippen molar-refractivity contribution in [3.05, 3.63) is 46.8 Å². The molecule has 0 saturated heterocycles. The highest BCUT2D eigenvalue weighted by molar-refractivity contribution is 5.98. The van der Waals surface area contributed by atoms with E-state index in [4.69, 9.17) is 9.84 Å². The van der Waals surface area contributed by atoms with Crippen LogP contribution in [0.4, 0.5) is 0 Å². The highest BCUT2D eigenvalue weighted by Gasteiger charge is 2.15. The summed E-state index contributed by atoms with van der Waals surface area (Å²) in [6, 6.07) is 5.97. The zero-order valence-corrected chi connectivity index (χ0v) is 13.2. The van der Waals surface area contributed by atoms with Crippen molar-refractivity contribution in [3.63, 3.8) is 0 Å². The molecule has 7 heteroatoms. The van der Waals surface area contributed by atoms with E-state index < -0.39 is 5.97 Å². The topological polar surface area (TPSA) is 104 Å². The van der Waals surface area contributed by atoms with Gasteiger partial charge in [-0.3, -0.25) is 9.89 Å². The van der Waals surface area contributed by atoms with Gasteiger partial charge in [0.25, 0.3) is 5.91 Å². The van der Waals surface area contributed by atoms with Gasteiger partial charge >= 0.3 is 5.97 Å². The van der Waals surface area contributed by atoms with Crippen LogP contribution in [0.25, 0.3) is 0 Å². The van der Waals surface area contributed by atoms with Crippen LogP contribution < -0.4 is 10.1 Å². The van der Waals surface area contributed by atoms with Gasteiger partial charge in [0, 0.05) is 23.7 Å². The lowest BCUT2D eigenvalue weighted by atomic mass is 10.1. The summed E-state index contributed by atoms with van der Waals surface area (Å²) in [7, 11) is 1.42. The number of carbonyl (C=O) groups excluding carboxylic acids is 1. The summed E-state index contributed by atoms with van der Waals surface area (Å²) in [6.07, 6.45) is 0.575. The Morgan fingerprint density at radius 3 is 2.57 bits per heavy atom. The minimum absolute atomic E-state index is 0.00470. The van der Waals surface area contributed by atoms with Gasteiger partial charge in [0.1, 0.15) is 5.75 Å². The summed E-state index contributed by atoms with van der Waals surface area (Å²) < 4.78 is 5.04. The Labute approximate surface area is 133 Å². The third kappa shape index (κ3) is 4.32. The third-order valence-electron chi connectivity index (χ3n) is 3.30. The molecule has 2 aromatic rings. The molecular formula is C16H19N3O4. The van der Waals surface area contributed by atoms with Crippen LogP contribution in [0.3, 0.4) is 0 Å². The van der Waals surface area contributed by atoms with E-state index in [2.05, 4.69) is 15.5 Å². The Balaban J connectivity index is 2.10. The van der Waals surface area contributed by atoms with Crippen LogP contribution in [0.5, 0.6) is 5.75 Å². The van der Waals surface area contributed by atoms with E-state index in [0.717, 1.165) is 11.4 Å². The molecule has 0 fully saturated rings. The quantitative estimate of drug-likeness (QED) is 0.753. The molecule has 0 saturated carbocycles. The summed E-state index contributed by atoms with van der Waals surface area (Å²) >= 11 is 0. The van der Waals surface area contributed by atoms with Crippen LogP contribution in [-0.4, -0.2) is 40.3 Å². The highest BCUT2D eigenvalue weighted by atomic mass is 16.5. The van der Waals surface area contributed by atoms with Gasteiger partial charge in [0.05, 0.1) is 18.4 Å². The number of amides is 1. The minimum atomic E-state index is -1.11. The molecule has 0 spiro atoms.